The van der Waals surface area contributed by atoms with Gasteiger partial charge in [-0.25, -0.2) is 0 Å². The molecule has 3 rings (SSSR count). The smallest absolute Gasteiger partial charge is 0.162 e. The molecule has 21 heavy (non-hydrogen) atoms. The molecular weight excluding hydrogens is 356 g/mol. The first-order valence-corrected chi connectivity index (χ1v) is 7.79. The van der Waals surface area contributed by atoms with E-state index in [0.717, 1.165) is 32.8 Å². The van der Waals surface area contributed by atoms with Crippen LogP contribution in [0.25, 0.3) is 0 Å². The molecule has 2 aromatic carbocycles. The van der Waals surface area contributed by atoms with Crippen molar-refractivity contribution in [3.05, 3.63) is 52.0 Å². The van der Waals surface area contributed by atoms with Gasteiger partial charge in [0.1, 0.15) is 19.0 Å². The van der Waals surface area contributed by atoms with Gasteiger partial charge in [0.05, 0.1) is 12.5 Å². The second-order valence-electron chi connectivity index (χ2n) is 4.65. The highest BCUT2D eigenvalue weighted by molar-refractivity contribution is 9.10. The lowest BCUT2D eigenvalue weighted by Gasteiger charge is -2.21. The normalized spacial score (nSPS) is 14.6. The van der Waals surface area contributed by atoms with Gasteiger partial charge in [-0.15, -0.1) is 11.6 Å². The van der Waals surface area contributed by atoms with Gasteiger partial charge < -0.3 is 14.2 Å². The number of hydrogen-bond acceptors (Lipinski definition) is 3. The molecule has 5 heteroatoms. The summed E-state index contributed by atoms with van der Waals surface area (Å²) < 4.78 is 17.2. The summed E-state index contributed by atoms with van der Waals surface area (Å²) in [5.74, 6) is 2.29. The zero-order chi connectivity index (χ0) is 14.8. The largest absolute Gasteiger partial charge is 0.497 e. The van der Waals surface area contributed by atoms with Crippen LogP contribution >= 0.6 is 27.5 Å². The maximum Gasteiger partial charge on any atom is 0.162 e. The van der Waals surface area contributed by atoms with Crippen LogP contribution in [0, 0.1) is 0 Å². The van der Waals surface area contributed by atoms with Crippen molar-refractivity contribution in [2.24, 2.45) is 0 Å². The number of alkyl halides is 1. The van der Waals surface area contributed by atoms with E-state index in [2.05, 4.69) is 15.9 Å². The number of methoxy groups -OCH3 is 1. The fourth-order valence-electron chi connectivity index (χ4n) is 2.23. The number of fused-ring (bicyclic) bond motifs is 1. The summed E-state index contributed by atoms with van der Waals surface area (Å²) in [5, 5.41) is -0.277. The van der Waals surface area contributed by atoms with Crippen LogP contribution in [0.5, 0.6) is 17.2 Å². The second kappa shape index (κ2) is 6.16. The lowest BCUT2D eigenvalue weighted by Crippen LogP contribution is -2.15. The van der Waals surface area contributed by atoms with E-state index < -0.39 is 0 Å². The summed E-state index contributed by atoms with van der Waals surface area (Å²) >= 11 is 10.2. The van der Waals surface area contributed by atoms with Crippen LogP contribution in [-0.4, -0.2) is 20.3 Å². The van der Waals surface area contributed by atoms with E-state index in [1.807, 2.05) is 36.4 Å². The van der Waals surface area contributed by atoms with Crippen LogP contribution in [0.3, 0.4) is 0 Å². The first-order chi connectivity index (χ1) is 10.2. The van der Waals surface area contributed by atoms with Crippen LogP contribution in [0.4, 0.5) is 0 Å². The van der Waals surface area contributed by atoms with Crippen molar-refractivity contribution >= 4 is 27.5 Å². The molecule has 0 saturated heterocycles. The van der Waals surface area contributed by atoms with Crippen molar-refractivity contribution in [2.45, 2.75) is 5.38 Å². The average Bonchev–Trinajstić information content (AvgIpc) is 2.53. The quantitative estimate of drug-likeness (QED) is 0.743. The van der Waals surface area contributed by atoms with E-state index in [1.165, 1.54) is 0 Å². The van der Waals surface area contributed by atoms with E-state index in [4.69, 9.17) is 25.8 Å². The molecule has 0 bridgehead atoms. The van der Waals surface area contributed by atoms with Crippen LogP contribution in [-0.2, 0) is 0 Å². The second-order valence-corrected chi connectivity index (χ2v) is 5.94. The fraction of sp³-hybridized carbons (Fsp3) is 0.250. The molecule has 1 heterocycles. The van der Waals surface area contributed by atoms with Crippen molar-refractivity contribution in [2.75, 3.05) is 20.3 Å². The van der Waals surface area contributed by atoms with Gasteiger partial charge in [0.15, 0.2) is 11.5 Å². The molecule has 2 aromatic rings. The van der Waals surface area contributed by atoms with Gasteiger partial charge in [0.25, 0.3) is 0 Å². The Morgan fingerprint density at radius 2 is 1.71 bits per heavy atom. The predicted octanol–water partition coefficient (Wildman–Crippen LogP) is 4.56. The topological polar surface area (TPSA) is 27.7 Å². The third kappa shape index (κ3) is 2.97. The van der Waals surface area contributed by atoms with Crippen LogP contribution in [0.15, 0.2) is 40.9 Å². The summed E-state index contributed by atoms with van der Waals surface area (Å²) in [6.45, 7) is 1.13. The lowest BCUT2D eigenvalue weighted by molar-refractivity contribution is 0.171. The first-order valence-electron chi connectivity index (χ1n) is 6.56. The van der Waals surface area contributed by atoms with E-state index in [9.17, 15) is 0 Å². The minimum atomic E-state index is -0.277. The minimum Gasteiger partial charge on any atom is -0.497 e. The van der Waals surface area contributed by atoms with Crippen molar-refractivity contribution < 1.29 is 14.2 Å². The third-order valence-electron chi connectivity index (χ3n) is 3.34. The van der Waals surface area contributed by atoms with Gasteiger partial charge in [0.2, 0.25) is 0 Å². The lowest BCUT2D eigenvalue weighted by atomic mass is 10.0. The van der Waals surface area contributed by atoms with E-state index in [1.54, 1.807) is 7.11 Å². The fourth-order valence-corrected chi connectivity index (χ4v) is 3.24. The number of ether oxygens (including phenoxy) is 3. The molecule has 0 aliphatic carbocycles. The molecule has 1 aliphatic heterocycles. The summed E-state index contributed by atoms with van der Waals surface area (Å²) in [7, 11) is 1.64. The van der Waals surface area contributed by atoms with Gasteiger partial charge in [0, 0.05) is 4.47 Å². The summed E-state index contributed by atoms with van der Waals surface area (Å²) in [5.41, 5.74) is 1.95. The summed E-state index contributed by atoms with van der Waals surface area (Å²) in [4.78, 5) is 0. The molecule has 0 fully saturated rings. The molecular formula is C16H14BrClO3. The van der Waals surface area contributed by atoms with Crippen LogP contribution in [0.2, 0.25) is 0 Å². The Kier molecular flexibility index (Phi) is 4.27. The van der Waals surface area contributed by atoms with Crippen molar-refractivity contribution in [1.82, 2.24) is 0 Å². The molecule has 0 amide bonds. The maximum absolute atomic E-state index is 6.61. The Labute approximate surface area is 136 Å². The van der Waals surface area contributed by atoms with E-state index in [0.29, 0.717) is 13.2 Å². The highest BCUT2D eigenvalue weighted by atomic mass is 79.9. The van der Waals surface area contributed by atoms with Gasteiger partial charge in [-0.2, -0.15) is 0 Å². The Balaban J connectivity index is 1.94. The molecule has 0 radical (unpaired) electrons. The Bertz CT molecular complexity index is 643. The first kappa shape index (κ1) is 14.5. The molecule has 0 spiro atoms. The monoisotopic (exact) mass is 368 g/mol. The average molecular weight is 370 g/mol. The van der Waals surface area contributed by atoms with E-state index >= 15 is 0 Å². The zero-order valence-electron chi connectivity index (χ0n) is 11.4. The standard InChI is InChI=1S/C16H14BrClO3/c1-19-11-4-2-10(3-5-11)16(18)12-8-14-15(9-13(12)17)21-7-6-20-14/h2-5,8-9,16H,6-7H2,1H3. The Hall–Kier alpha value is -1.39. The molecule has 1 atom stereocenters. The highest BCUT2D eigenvalue weighted by Gasteiger charge is 2.20. The Morgan fingerprint density at radius 3 is 2.33 bits per heavy atom. The molecule has 0 saturated carbocycles. The SMILES string of the molecule is COc1ccc(C(Cl)c2cc3c(cc2Br)OCCO3)cc1. The van der Waals surface area contributed by atoms with Gasteiger partial charge in [-0.05, 0) is 35.4 Å². The number of halogens is 2. The zero-order valence-corrected chi connectivity index (χ0v) is 13.8. The van der Waals surface area contributed by atoms with Gasteiger partial charge in [-0.1, -0.05) is 28.1 Å². The van der Waals surface area contributed by atoms with Crippen molar-refractivity contribution in [1.29, 1.82) is 0 Å². The van der Waals surface area contributed by atoms with Gasteiger partial charge >= 0.3 is 0 Å². The number of hydrogen-bond donors (Lipinski definition) is 0. The van der Waals surface area contributed by atoms with Gasteiger partial charge in [-0.3, -0.25) is 0 Å². The van der Waals surface area contributed by atoms with Crippen LogP contribution in [0.1, 0.15) is 16.5 Å². The highest BCUT2D eigenvalue weighted by Crippen LogP contribution is 2.41. The third-order valence-corrected chi connectivity index (χ3v) is 4.52. The molecule has 110 valence electrons. The maximum atomic E-state index is 6.61. The Morgan fingerprint density at radius 1 is 1.10 bits per heavy atom. The molecule has 0 N–H and O–H groups in total. The van der Waals surface area contributed by atoms with E-state index in [-0.39, 0.29) is 5.38 Å². The molecule has 3 nitrogen and oxygen atoms in total. The summed E-state index contributed by atoms with van der Waals surface area (Å²) in [6, 6.07) is 11.6. The molecule has 1 aliphatic rings. The molecule has 1 unspecified atom stereocenters. The predicted molar refractivity (Wildman–Crippen MR) is 85.8 cm³/mol. The number of rotatable bonds is 3. The molecule has 0 aromatic heterocycles. The summed E-state index contributed by atoms with van der Waals surface area (Å²) in [6.07, 6.45) is 0. The minimum absolute atomic E-state index is 0.277. The number of benzene rings is 2. The van der Waals surface area contributed by atoms with Crippen LogP contribution < -0.4 is 14.2 Å². The van der Waals surface area contributed by atoms with Crippen molar-refractivity contribution in [3.8, 4) is 17.2 Å². The van der Waals surface area contributed by atoms with Crippen molar-refractivity contribution in [3.63, 3.8) is 0 Å².